The minimum Gasteiger partial charge on any atom is -0.362 e. The third-order valence-corrected chi connectivity index (χ3v) is 2.73. The SMILES string of the molecule is CC(Nc1ccn(C(C)C)n1)c1cncc(F)c1. The van der Waals surface area contributed by atoms with Crippen molar-refractivity contribution < 1.29 is 4.39 Å². The summed E-state index contributed by atoms with van der Waals surface area (Å²) in [5.41, 5.74) is 0.800. The van der Waals surface area contributed by atoms with Gasteiger partial charge in [0.25, 0.3) is 0 Å². The fourth-order valence-corrected chi connectivity index (χ4v) is 1.67. The van der Waals surface area contributed by atoms with Gasteiger partial charge >= 0.3 is 0 Å². The Hall–Kier alpha value is -1.91. The lowest BCUT2D eigenvalue weighted by atomic mass is 10.1. The normalized spacial score (nSPS) is 12.7. The van der Waals surface area contributed by atoms with Gasteiger partial charge in [-0.25, -0.2) is 4.39 Å². The third-order valence-electron chi connectivity index (χ3n) is 2.73. The molecule has 96 valence electrons. The van der Waals surface area contributed by atoms with Crippen LogP contribution in [0.5, 0.6) is 0 Å². The first-order chi connectivity index (χ1) is 8.56. The van der Waals surface area contributed by atoms with Crippen LogP contribution < -0.4 is 5.32 Å². The summed E-state index contributed by atoms with van der Waals surface area (Å²) in [5, 5.41) is 7.61. The molecule has 4 nitrogen and oxygen atoms in total. The fraction of sp³-hybridized carbons (Fsp3) is 0.385. The molecule has 2 rings (SSSR count). The van der Waals surface area contributed by atoms with Gasteiger partial charge in [-0.15, -0.1) is 0 Å². The van der Waals surface area contributed by atoms with Gasteiger partial charge < -0.3 is 5.32 Å². The van der Waals surface area contributed by atoms with E-state index in [4.69, 9.17) is 0 Å². The van der Waals surface area contributed by atoms with E-state index in [0.29, 0.717) is 6.04 Å². The Morgan fingerprint density at radius 3 is 2.67 bits per heavy atom. The fourth-order valence-electron chi connectivity index (χ4n) is 1.67. The molecular formula is C13H17FN4. The Balaban J connectivity index is 2.08. The van der Waals surface area contributed by atoms with Crippen LogP contribution in [0.15, 0.2) is 30.7 Å². The minimum atomic E-state index is -0.325. The lowest BCUT2D eigenvalue weighted by molar-refractivity contribution is 0.533. The molecule has 1 atom stereocenters. The lowest BCUT2D eigenvalue weighted by Crippen LogP contribution is -2.09. The highest BCUT2D eigenvalue weighted by Crippen LogP contribution is 2.18. The van der Waals surface area contributed by atoms with Gasteiger partial charge in [-0.1, -0.05) is 0 Å². The summed E-state index contributed by atoms with van der Waals surface area (Å²) in [4.78, 5) is 3.84. The molecule has 0 spiro atoms. The van der Waals surface area contributed by atoms with Crippen LogP contribution in [0.3, 0.4) is 0 Å². The maximum Gasteiger partial charge on any atom is 0.148 e. The number of nitrogens with one attached hydrogen (secondary N) is 1. The van der Waals surface area contributed by atoms with Crippen LogP contribution in [0.25, 0.3) is 0 Å². The van der Waals surface area contributed by atoms with Crippen molar-refractivity contribution in [2.45, 2.75) is 32.9 Å². The van der Waals surface area contributed by atoms with Crippen LogP contribution >= 0.6 is 0 Å². The summed E-state index contributed by atoms with van der Waals surface area (Å²) >= 11 is 0. The second-order valence-electron chi connectivity index (χ2n) is 4.58. The van der Waals surface area contributed by atoms with Gasteiger partial charge in [0.05, 0.1) is 12.2 Å². The number of hydrogen-bond acceptors (Lipinski definition) is 3. The average molecular weight is 248 g/mol. The number of halogens is 1. The van der Waals surface area contributed by atoms with Crippen molar-refractivity contribution in [1.29, 1.82) is 0 Å². The monoisotopic (exact) mass is 248 g/mol. The molecule has 0 aliphatic rings. The predicted octanol–water partition coefficient (Wildman–Crippen LogP) is 3.17. The second kappa shape index (κ2) is 5.16. The summed E-state index contributed by atoms with van der Waals surface area (Å²) in [6.07, 6.45) is 4.77. The van der Waals surface area contributed by atoms with Crippen molar-refractivity contribution in [3.63, 3.8) is 0 Å². The van der Waals surface area contributed by atoms with Gasteiger partial charge in [0.1, 0.15) is 11.6 Å². The van der Waals surface area contributed by atoms with Crippen molar-refractivity contribution in [3.8, 4) is 0 Å². The number of pyridine rings is 1. The van der Waals surface area contributed by atoms with Crippen LogP contribution in [-0.4, -0.2) is 14.8 Å². The number of nitrogens with zero attached hydrogens (tertiary/aromatic N) is 3. The average Bonchev–Trinajstić information content (AvgIpc) is 2.77. The number of anilines is 1. The largest absolute Gasteiger partial charge is 0.362 e. The zero-order valence-corrected chi connectivity index (χ0v) is 10.8. The van der Waals surface area contributed by atoms with Gasteiger partial charge in [-0.3, -0.25) is 9.67 Å². The second-order valence-corrected chi connectivity index (χ2v) is 4.58. The maximum absolute atomic E-state index is 13.1. The maximum atomic E-state index is 13.1. The van der Waals surface area contributed by atoms with Crippen molar-refractivity contribution in [2.24, 2.45) is 0 Å². The summed E-state index contributed by atoms with van der Waals surface area (Å²) in [5.74, 6) is 0.453. The zero-order valence-electron chi connectivity index (χ0n) is 10.8. The smallest absolute Gasteiger partial charge is 0.148 e. The van der Waals surface area contributed by atoms with E-state index in [-0.39, 0.29) is 11.9 Å². The third kappa shape index (κ3) is 2.85. The molecule has 1 unspecified atom stereocenters. The molecule has 0 radical (unpaired) electrons. The van der Waals surface area contributed by atoms with E-state index in [9.17, 15) is 4.39 Å². The quantitative estimate of drug-likeness (QED) is 0.903. The van der Waals surface area contributed by atoms with Gasteiger partial charge in [-0.05, 0) is 32.4 Å². The van der Waals surface area contributed by atoms with E-state index in [0.717, 1.165) is 11.4 Å². The highest BCUT2D eigenvalue weighted by molar-refractivity contribution is 5.36. The first kappa shape index (κ1) is 12.5. The highest BCUT2D eigenvalue weighted by Gasteiger charge is 2.09. The minimum absolute atomic E-state index is 0.0382. The molecule has 0 aromatic carbocycles. The lowest BCUT2D eigenvalue weighted by Gasteiger charge is -2.13. The van der Waals surface area contributed by atoms with E-state index >= 15 is 0 Å². The number of aromatic nitrogens is 3. The number of rotatable bonds is 4. The Morgan fingerprint density at radius 1 is 1.28 bits per heavy atom. The molecule has 0 saturated heterocycles. The molecule has 1 N–H and O–H groups in total. The summed E-state index contributed by atoms with van der Waals surface area (Å²) < 4.78 is 14.9. The van der Waals surface area contributed by atoms with Crippen LogP contribution in [-0.2, 0) is 0 Å². The zero-order chi connectivity index (χ0) is 13.1. The molecular weight excluding hydrogens is 231 g/mol. The van der Waals surface area contributed by atoms with Gasteiger partial charge in [0.2, 0.25) is 0 Å². The Bertz CT molecular complexity index is 521. The van der Waals surface area contributed by atoms with E-state index in [2.05, 4.69) is 29.2 Å². The van der Waals surface area contributed by atoms with E-state index in [1.54, 1.807) is 6.20 Å². The molecule has 0 aliphatic carbocycles. The Labute approximate surface area is 106 Å². The Kier molecular flexibility index (Phi) is 3.60. The van der Waals surface area contributed by atoms with Crippen LogP contribution in [0.1, 0.15) is 38.4 Å². The Morgan fingerprint density at radius 2 is 2.06 bits per heavy atom. The van der Waals surface area contributed by atoms with Crippen molar-refractivity contribution >= 4 is 5.82 Å². The molecule has 0 fully saturated rings. The van der Waals surface area contributed by atoms with Crippen LogP contribution in [0.2, 0.25) is 0 Å². The summed E-state index contributed by atoms with van der Waals surface area (Å²) in [6, 6.07) is 3.67. The molecule has 0 amide bonds. The molecule has 0 bridgehead atoms. The van der Waals surface area contributed by atoms with Crippen LogP contribution in [0.4, 0.5) is 10.2 Å². The standard InChI is InChI=1S/C13H17FN4/c1-9(2)18-5-4-13(17-18)16-10(3)11-6-12(14)8-15-7-11/h4-10H,1-3H3,(H,16,17). The van der Waals surface area contributed by atoms with E-state index < -0.39 is 0 Å². The van der Waals surface area contributed by atoms with Crippen molar-refractivity contribution in [3.05, 3.63) is 42.1 Å². The highest BCUT2D eigenvalue weighted by atomic mass is 19.1. The number of hydrogen-bond donors (Lipinski definition) is 1. The molecule has 18 heavy (non-hydrogen) atoms. The van der Waals surface area contributed by atoms with Crippen molar-refractivity contribution in [1.82, 2.24) is 14.8 Å². The van der Waals surface area contributed by atoms with Gasteiger partial charge in [0.15, 0.2) is 0 Å². The molecule has 0 aliphatic heterocycles. The van der Waals surface area contributed by atoms with Gasteiger partial charge in [0, 0.05) is 24.5 Å². The summed E-state index contributed by atoms with van der Waals surface area (Å²) in [6.45, 7) is 6.08. The molecule has 2 aromatic rings. The molecule has 0 saturated carbocycles. The molecule has 2 aromatic heterocycles. The van der Waals surface area contributed by atoms with E-state index in [1.807, 2.05) is 23.9 Å². The molecule has 5 heteroatoms. The first-order valence-corrected chi connectivity index (χ1v) is 5.98. The topological polar surface area (TPSA) is 42.7 Å². The van der Waals surface area contributed by atoms with E-state index in [1.165, 1.54) is 12.3 Å². The predicted molar refractivity (Wildman–Crippen MR) is 68.8 cm³/mol. The first-order valence-electron chi connectivity index (χ1n) is 5.98. The van der Waals surface area contributed by atoms with Crippen molar-refractivity contribution in [2.75, 3.05) is 5.32 Å². The van der Waals surface area contributed by atoms with Gasteiger partial charge in [-0.2, -0.15) is 5.10 Å². The molecule has 2 heterocycles. The van der Waals surface area contributed by atoms with Crippen LogP contribution in [0, 0.1) is 5.82 Å². The summed E-state index contributed by atoms with van der Waals surface area (Å²) in [7, 11) is 0.